The van der Waals surface area contributed by atoms with Crippen molar-refractivity contribution >= 4 is 15.9 Å². The van der Waals surface area contributed by atoms with Crippen molar-refractivity contribution in [3.05, 3.63) is 59.0 Å². The van der Waals surface area contributed by atoms with E-state index in [0.717, 1.165) is 6.42 Å². The van der Waals surface area contributed by atoms with Gasteiger partial charge in [-0.15, -0.1) is 0 Å². The number of ether oxygens (including phenoxy) is 2. The van der Waals surface area contributed by atoms with Crippen LogP contribution in [0, 0.1) is 11.3 Å². The maximum Gasteiger partial charge on any atom is 0.216 e. The first kappa shape index (κ1) is 19.5. The van der Waals surface area contributed by atoms with Crippen LogP contribution in [-0.4, -0.2) is 21.6 Å². The lowest BCUT2D eigenvalue weighted by Gasteiger charge is -2.12. The van der Waals surface area contributed by atoms with E-state index in [1.807, 2.05) is 13.8 Å². The van der Waals surface area contributed by atoms with Gasteiger partial charge in [-0.25, -0.2) is 8.42 Å². The number of rotatable bonds is 8. The summed E-state index contributed by atoms with van der Waals surface area (Å²) in [6.45, 7) is 4.86. The van der Waals surface area contributed by atoms with Crippen LogP contribution in [0.4, 0.5) is 0 Å². The summed E-state index contributed by atoms with van der Waals surface area (Å²) in [5, 5.41) is 9.37. The minimum Gasteiger partial charge on any atom is -0.490 e. The predicted molar refractivity (Wildman–Crippen MR) is 101 cm³/mol. The summed E-state index contributed by atoms with van der Waals surface area (Å²) in [7, 11) is -3.87. The summed E-state index contributed by atoms with van der Waals surface area (Å²) in [5.41, 5.74) is 0.549. The van der Waals surface area contributed by atoms with Crippen molar-refractivity contribution in [2.24, 2.45) is 0 Å². The second-order valence-corrected chi connectivity index (χ2v) is 7.34. The molecule has 6 heteroatoms. The predicted octanol–water partition coefficient (Wildman–Crippen LogP) is 4.21. The van der Waals surface area contributed by atoms with E-state index in [9.17, 15) is 13.7 Å². The Morgan fingerprint density at radius 2 is 1.81 bits per heavy atom. The van der Waals surface area contributed by atoms with Crippen LogP contribution in [0.25, 0.3) is 6.08 Å². The van der Waals surface area contributed by atoms with Crippen LogP contribution in [0.15, 0.2) is 58.3 Å². The Morgan fingerprint density at radius 1 is 1.08 bits per heavy atom. The van der Waals surface area contributed by atoms with Gasteiger partial charge < -0.3 is 9.47 Å². The summed E-state index contributed by atoms with van der Waals surface area (Å²) < 4.78 is 36.5. The van der Waals surface area contributed by atoms with E-state index in [4.69, 9.17) is 9.47 Å². The molecular formula is C20H21NO4S. The number of sulfone groups is 1. The second-order valence-electron chi connectivity index (χ2n) is 5.42. The molecule has 0 atom stereocenters. The molecule has 0 aliphatic heterocycles. The van der Waals surface area contributed by atoms with Crippen molar-refractivity contribution in [1.82, 2.24) is 0 Å². The highest BCUT2D eigenvalue weighted by molar-refractivity contribution is 7.95. The molecule has 0 heterocycles. The topological polar surface area (TPSA) is 76.4 Å². The van der Waals surface area contributed by atoms with E-state index in [-0.39, 0.29) is 9.80 Å². The van der Waals surface area contributed by atoms with Crippen molar-refractivity contribution in [2.75, 3.05) is 13.2 Å². The monoisotopic (exact) mass is 371 g/mol. The summed E-state index contributed by atoms with van der Waals surface area (Å²) in [6.07, 6.45) is 2.20. The molecule has 0 aromatic heterocycles. The third-order valence-electron chi connectivity index (χ3n) is 3.48. The van der Waals surface area contributed by atoms with Gasteiger partial charge in [-0.2, -0.15) is 5.26 Å². The van der Waals surface area contributed by atoms with Gasteiger partial charge in [-0.1, -0.05) is 31.2 Å². The van der Waals surface area contributed by atoms with Crippen LogP contribution in [0.2, 0.25) is 0 Å². The maximum atomic E-state index is 12.6. The molecule has 0 saturated carbocycles. The summed E-state index contributed by atoms with van der Waals surface area (Å²) >= 11 is 0. The van der Waals surface area contributed by atoms with Crippen molar-refractivity contribution in [1.29, 1.82) is 5.26 Å². The Balaban J connectivity index is 2.43. The molecular weight excluding hydrogens is 350 g/mol. The van der Waals surface area contributed by atoms with Crippen molar-refractivity contribution in [2.45, 2.75) is 25.2 Å². The van der Waals surface area contributed by atoms with E-state index in [2.05, 4.69) is 0 Å². The summed E-state index contributed by atoms with van der Waals surface area (Å²) in [5.74, 6) is 1.11. The van der Waals surface area contributed by atoms with Crippen LogP contribution in [-0.2, 0) is 9.84 Å². The number of hydrogen-bond donors (Lipinski definition) is 0. The molecule has 0 N–H and O–H groups in total. The first-order valence-corrected chi connectivity index (χ1v) is 9.82. The number of nitrogens with zero attached hydrogens (tertiary/aromatic N) is 1. The molecule has 0 spiro atoms. The van der Waals surface area contributed by atoms with Gasteiger partial charge in [0.05, 0.1) is 18.1 Å². The Bertz CT molecular complexity index is 913. The van der Waals surface area contributed by atoms with Gasteiger partial charge in [0, 0.05) is 0 Å². The third-order valence-corrected chi connectivity index (χ3v) is 5.16. The normalized spacial score (nSPS) is 11.7. The number of allylic oxidation sites excluding steroid dienone is 1. The average molecular weight is 371 g/mol. The van der Waals surface area contributed by atoms with Crippen molar-refractivity contribution < 1.29 is 17.9 Å². The fourth-order valence-corrected chi connectivity index (χ4v) is 3.44. The number of hydrogen-bond acceptors (Lipinski definition) is 5. The molecule has 2 aromatic rings. The summed E-state index contributed by atoms with van der Waals surface area (Å²) in [6, 6.07) is 14.8. The van der Waals surface area contributed by atoms with Crippen molar-refractivity contribution in [3.63, 3.8) is 0 Å². The number of benzene rings is 2. The zero-order chi connectivity index (χ0) is 19.0. The van der Waals surface area contributed by atoms with Gasteiger partial charge in [0.15, 0.2) is 11.5 Å². The van der Waals surface area contributed by atoms with Gasteiger partial charge in [0.1, 0.15) is 11.0 Å². The molecule has 136 valence electrons. The molecule has 26 heavy (non-hydrogen) atoms. The van der Waals surface area contributed by atoms with Gasteiger partial charge in [-0.3, -0.25) is 0 Å². The third kappa shape index (κ3) is 4.64. The van der Waals surface area contributed by atoms with E-state index in [1.54, 1.807) is 42.5 Å². The quantitative estimate of drug-likeness (QED) is 0.650. The molecule has 0 aliphatic carbocycles. The lowest BCUT2D eigenvalue weighted by Crippen LogP contribution is -2.03. The molecule has 0 bridgehead atoms. The largest absolute Gasteiger partial charge is 0.490 e. The van der Waals surface area contributed by atoms with Crippen LogP contribution in [0.5, 0.6) is 11.5 Å². The van der Waals surface area contributed by atoms with Gasteiger partial charge in [0.2, 0.25) is 9.84 Å². The average Bonchev–Trinajstić information content (AvgIpc) is 2.66. The van der Waals surface area contributed by atoms with Crippen molar-refractivity contribution in [3.8, 4) is 17.6 Å². The van der Waals surface area contributed by atoms with E-state index in [1.165, 1.54) is 18.2 Å². The molecule has 0 amide bonds. The smallest absolute Gasteiger partial charge is 0.216 e. The molecule has 0 aliphatic rings. The molecule has 0 unspecified atom stereocenters. The highest BCUT2D eigenvalue weighted by Crippen LogP contribution is 2.30. The molecule has 5 nitrogen and oxygen atoms in total. The molecule has 2 aromatic carbocycles. The first-order chi connectivity index (χ1) is 12.5. The lowest BCUT2D eigenvalue weighted by molar-refractivity contribution is 0.277. The standard InChI is InChI=1S/C20H21NO4S/c1-3-12-25-19-11-10-16(14-20(19)24-4-2)13-18(15-21)26(22,23)17-8-6-5-7-9-17/h5-11,13-14H,3-4,12H2,1-2H3. The van der Waals surface area contributed by atoms with Crippen LogP contribution < -0.4 is 9.47 Å². The first-order valence-electron chi connectivity index (χ1n) is 8.34. The zero-order valence-corrected chi connectivity index (χ0v) is 15.6. The zero-order valence-electron chi connectivity index (χ0n) is 14.8. The maximum absolute atomic E-state index is 12.6. The van der Waals surface area contributed by atoms with Gasteiger partial charge in [0.25, 0.3) is 0 Å². The molecule has 0 saturated heterocycles. The lowest BCUT2D eigenvalue weighted by atomic mass is 10.2. The SMILES string of the molecule is CCCOc1ccc(C=C(C#N)S(=O)(=O)c2ccccc2)cc1OCC. The fraction of sp³-hybridized carbons (Fsp3) is 0.250. The van der Waals surface area contributed by atoms with E-state index < -0.39 is 9.84 Å². The Kier molecular flexibility index (Phi) is 6.81. The minimum atomic E-state index is -3.87. The molecule has 0 fully saturated rings. The van der Waals surface area contributed by atoms with Crippen LogP contribution in [0.3, 0.4) is 0 Å². The van der Waals surface area contributed by atoms with E-state index in [0.29, 0.717) is 30.3 Å². The fourth-order valence-electron chi connectivity index (χ4n) is 2.26. The van der Waals surface area contributed by atoms with Crippen LogP contribution in [0.1, 0.15) is 25.8 Å². The van der Waals surface area contributed by atoms with Crippen LogP contribution >= 0.6 is 0 Å². The Morgan fingerprint density at radius 3 is 2.42 bits per heavy atom. The Hall–Kier alpha value is -2.78. The Labute approximate surface area is 154 Å². The number of nitriles is 1. The highest BCUT2D eigenvalue weighted by atomic mass is 32.2. The van der Waals surface area contributed by atoms with Gasteiger partial charge >= 0.3 is 0 Å². The molecule has 0 radical (unpaired) electrons. The second kappa shape index (κ2) is 9.07. The van der Waals surface area contributed by atoms with Gasteiger partial charge in [-0.05, 0) is 49.2 Å². The highest BCUT2D eigenvalue weighted by Gasteiger charge is 2.20. The summed E-state index contributed by atoms with van der Waals surface area (Å²) in [4.78, 5) is -0.242. The minimum absolute atomic E-state index is 0.0840. The molecule has 2 rings (SSSR count). The van der Waals surface area contributed by atoms with E-state index >= 15 is 0 Å².